The van der Waals surface area contributed by atoms with Crippen LogP contribution in [0.4, 0.5) is 0 Å². The van der Waals surface area contributed by atoms with E-state index in [1.807, 2.05) is 100 Å². The molecule has 44 heavy (non-hydrogen) atoms. The first-order valence-electron chi connectivity index (χ1n) is 14.5. The molecule has 6 heteroatoms. The number of benzene rings is 5. The van der Waals surface area contributed by atoms with Gasteiger partial charge in [-0.15, -0.1) is 0 Å². The summed E-state index contributed by atoms with van der Waals surface area (Å²) >= 11 is 0. The average molecular weight is 603 g/mol. The van der Waals surface area contributed by atoms with Gasteiger partial charge < -0.3 is 14.0 Å². The molecule has 5 aromatic carbocycles. The van der Waals surface area contributed by atoms with E-state index < -0.39 is 18.2 Å². The Bertz CT molecular complexity index is 1790. The summed E-state index contributed by atoms with van der Waals surface area (Å²) in [6.45, 7) is 7.67. The van der Waals surface area contributed by atoms with Crippen molar-refractivity contribution in [3.8, 4) is 11.5 Å². The van der Waals surface area contributed by atoms with E-state index in [2.05, 4.69) is 0 Å². The predicted octanol–water partition coefficient (Wildman–Crippen LogP) is 8.75. The van der Waals surface area contributed by atoms with Gasteiger partial charge >= 0.3 is 0 Å². The van der Waals surface area contributed by atoms with E-state index in [0.717, 1.165) is 16.7 Å². The fourth-order valence-corrected chi connectivity index (χ4v) is 7.92. The summed E-state index contributed by atoms with van der Waals surface area (Å²) in [7, 11) is -4.42. The van der Waals surface area contributed by atoms with Crippen molar-refractivity contribution >= 4 is 23.5 Å². The Balaban J connectivity index is 1.67. The van der Waals surface area contributed by atoms with Crippen LogP contribution in [0.3, 0.4) is 0 Å². The highest BCUT2D eigenvalue weighted by Gasteiger charge is 2.45. The molecule has 0 spiro atoms. The van der Waals surface area contributed by atoms with Gasteiger partial charge in [0.15, 0.2) is 0 Å². The fourth-order valence-electron chi connectivity index (χ4n) is 5.42. The minimum atomic E-state index is -4.42. The molecule has 0 fully saturated rings. The van der Waals surface area contributed by atoms with Crippen LogP contribution in [0.5, 0.6) is 11.5 Å². The lowest BCUT2D eigenvalue weighted by Crippen LogP contribution is -2.24. The van der Waals surface area contributed by atoms with Crippen LogP contribution in [0.15, 0.2) is 115 Å². The van der Waals surface area contributed by atoms with Gasteiger partial charge in [0.05, 0.1) is 0 Å². The van der Waals surface area contributed by atoms with Gasteiger partial charge in [-0.2, -0.15) is 0 Å². The molecule has 0 saturated heterocycles. The minimum Gasteiger partial charge on any atom is -0.489 e. The van der Waals surface area contributed by atoms with Crippen LogP contribution in [0.25, 0.3) is 0 Å². The molecule has 0 aliphatic rings. The molecule has 1 atom stereocenters. The van der Waals surface area contributed by atoms with Gasteiger partial charge in [-0.1, -0.05) is 91.0 Å². The summed E-state index contributed by atoms with van der Waals surface area (Å²) in [6.07, 6.45) is 0. The third kappa shape index (κ3) is 6.15. The largest absolute Gasteiger partial charge is 0.489 e. The molecule has 0 aliphatic carbocycles. The first kappa shape index (κ1) is 30.7. The van der Waals surface area contributed by atoms with Gasteiger partial charge in [-0.25, -0.2) is 0 Å². The van der Waals surface area contributed by atoms with Crippen molar-refractivity contribution in [3.63, 3.8) is 0 Å². The highest BCUT2D eigenvalue weighted by Crippen LogP contribution is 2.53. The van der Waals surface area contributed by atoms with Crippen molar-refractivity contribution in [1.29, 1.82) is 0 Å². The van der Waals surface area contributed by atoms with E-state index in [0.29, 0.717) is 33.8 Å². The maximum atomic E-state index is 15.4. The van der Waals surface area contributed by atoms with E-state index in [1.54, 1.807) is 42.5 Å². The van der Waals surface area contributed by atoms with Gasteiger partial charge in [0.25, 0.3) is 0 Å². The van der Waals surface area contributed by atoms with Gasteiger partial charge in [-0.3, -0.25) is 9.59 Å². The van der Waals surface area contributed by atoms with Crippen LogP contribution in [-0.2, 0) is 17.8 Å². The van der Waals surface area contributed by atoms with Crippen molar-refractivity contribution in [1.82, 2.24) is 0 Å². The predicted molar refractivity (Wildman–Crippen MR) is 176 cm³/mol. The lowest BCUT2D eigenvalue weighted by atomic mass is 9.95. The first-order valence-corrected chi connectivity index (χ1v) is 16.2. The first-order chi connectivity index (χ1) is 21.2. The zero-order chi connectivity index (χ0) is 31.3. The van der Waals surface area contributed by atoms with Crippen molar-refractivity contribution < 1.29 is 23.6 Å². The second-order valence-corrected chi connectivity index (χ2v) is 13.4. The second-order valence-electron chi connectivity index (χ2n) is 10.8. The topological polar surface area (TPSA) is 69.7 Å². The highest BCUT2D eigenvalue weighted by molar-refractivity contribution is 8.01. The van der Waals surface area contributed by atoms with Crippen molar-refractivity contribution in [2.24, 2.45) is 0 Å². The average Bonchev–Trinajstić information content (AvgIpc) is 3.06. The van der Waals surface area contributed by atoms with E-state index in [9.17, 15) is 9.59 Å². The minimum absolute atomic E-state index is 0.0366. The molecule has 0 bridgehead atoms. The molecule has 0 heterocycles. The number of hydrogen-bond donors (Lipinski definition) is 0. The van der Waals surface area contributed by atoms with Crippen LogP contribution in [0, 0.1) is 27.7 Å². The third-order valence-corrected chi connectivity index (χ3v) is 10.6. The molecule has 0 aromatic heterocycles. The smallest absolute Gasteiger partial charge is 0.248 e. The molecule has 0 saturated carbocycles. The standard InChI is InChI=1S/C38H35O5P/c1-26-23-27(2)35(29(4)28(26)3)37(39)44(41,34-21-12-7-13-22-34)38(40)36-30(24-42-32-17-8-5-9-18-32)15-14-16-31(36)25-43-33-19-10-6-11-20-33/h5-23H,24-25H2,1-4H3. The Kier molecular flexibility index (Phi) is 9.27. The second kappa shape index (κ2) is 13.3. The number of carbonyl (C=O) groups excluding carboxylic acids is 2. The van der Waals surface area contributed by atoms with Crippen molar-refractivity contribution in [2.75, 3.05) is 0 Å². The number of hydrogen-bond acceptors (Lipinski definition) is 5. The lowest BCUT2D eigenvalue weighted by Gasteiger charge is -2.23. The van der Waals surface area contributed by atoms with Gasteiger partial charge in [0, 0.05) is 27.6 Å². The van der Waals surface area contributed by atoms with E-state index in [-0.39, 0.29) is 24.1 Å². The van der Waals surface area contributed by atoms with Crippen LogP contribution in [0.2, 0.25) is 0 Å². The molecule has 0 radical (unpaired) electrons. The normalized spacial score (nSPS) is 12.3. The molecule has 1 unspecified atom stereocenters. The summed E-state index contributed by atoms with van der Waals surface area (Å²) in [5.74, 6) is 1.25. The van der Waals surface area contributed by atoms with Crippen LogP contribution in [0.1, 0.15) is 54.1 Å². The Morgan fingerprint density at radius 1 is 0.545 bits per heavy atom. The lowest BCUT2D eigenvalue weighted by molar-refractivity contribution is 0.103. The number of carbonyl (C=O) groups is 2. The van der Waals surface area contributed by atoms with Crippen molar-refractivity contribution in [3.05, 3.63) is 160 Å². The summed E-state index contributed by atoms with van der Waals surface area (Å²) in [6, 6.07) is 34.2. The molecule has 5 aromatic rings. The SMILES string of the molecule is Cc1cc(C)c(C(=O)P(=O)(C(=O)c2c(COc3ccccc3)cccc2COc2ccccc2)c2ccccc2)c(C)c1C. The summed E-state index contributed by atoms with van der Waals surface area (Å²) in [4.78, 5) is 29.5. The van der Waals surface area contributed by atoms with Crippen LogP contribution < -0.4 is 14.8 Å². The molecule has 0 aliphatic heterocycles. The summed E-state index contributed by atoms with van der Waals surface area (Å²) in [5, 5.41) is 0.195. The maximum Gasteiger partial charge on any atom is 0.248 e. The zero-order valence-corrected chi connectivity index (χ0v) is 26.3. The van der Waals surface area contributed by atoms with E-state index in [4.69, 9.17) is 9.47 Å². The van der Waals surface area contributed by atoms with Crippen LogP contribution >= 0.6 is 7.14 Å². The molecule has 222 valence electrons. The Labute approximate surface area is 258 Å². The van der Waals surface area contributed by atoms with Crippen molar-refractivity contribution in [2.45, 2.75) is 40.9 Å². The summed E-state index contributed by atoms with van der Waals surface area (Å²) in [5.41, 5.74) is 3.52. The van der Waals surface area contributed by atoms with Gasteiger partial charge in [0.2, 0.25) is 18.2 Å². The van der Waals surface area contributed by atoms with Gasteiger partial charge in [0.1, 0.15) is 24.7 Å². The molecular weight excluding hydrogens is 567 g/mol. The number of ether oxygens (including phenoxy) is 2. The van der Waals surface area contributed by atoms with E-state index >= 15 is 4.57 Å². The Morgan fingerprint density at radius 3 is 1.50 bits per heavy atom. The van der Waals surface area contributed by atoms with E-state index in [1.165, 1.54) is 0 Å². The Morgan fingerprint density at radius 2 is 1.00 bits per heavy atom. The number of rotatable bonds is 11. The monoisotopic (exact) mass is 602 g/mol. The molecular formula is C38H35O5P. The molecule has 0 N–H and O–H groups in total. The molecule has 0 amide bonds. The Hall–Kier alpha value is -4.73. The molecule has 5 nitrogen and oxygen atoms in total. The third-order valence-electron chi connectivity index (χ3n) is 7.99. The zero-order valence-electron chi connectivity index (χ0n) is 25.4. The number of para-hydroxylation sites is 2. The quantitative estimate of drug-likeness (QED) is 0.141. The molecule has 5 rings (SSSR count). The summed E-state index contributed by atoms with van der Waals surface area (Å²) < 4.78 is 27.5. The van der Waals surface area contributed by atoms with Crippen LogP contribution in [-0.4, -0.2) is 11.0 Å². The highest BCUT2D eigenvalue weighted by atomic mass is 31.2. The maximum absolute atomic E-state index is 15.4. The fraction of sp³-hybridized carbons (Fsp3) is 0.158. The van der Waals surface area contributed by atoms with Gasteiger partial charge in [-0.05, 0) is 74.2 Å². The number of aryl methyl sites for hydroxylation is 2.